The number of aromatic nitrogens is 6. The first-order chi connectivity index (χ1) is 16.4. The van der Waals surface area contributed by atoms with Crippen LogP contribution >= 0.6 is 0 Å². The quantitative estimate of drug-likeness (QED) is 0.393. The van der Waals surface area contributed by atoms with Crippen molar-refractivity contribution >= 4 is 17.0 Å². The molecule has 0 saturated heterocycles. The minimum absolute atomic E-state index is 0.00153. The summed E-state index contributed by atoms with van der Waals surface area (Å²) in [6.07, 6.45) is 4.01. The van der Waals surface area contributed by atoms with Crippen LogP contribution < -0.4 is 0 Å². The van der Waals surface area contributed by atoms with E-state index in [4.69, 9.17) is 5.11 Å². The molecule has 3 aromatic heterocycles. The maximum absolute atomic E-state index is 11.1. The predicted octanol–water partition coefficient (Wildman–Crippen LogP) is 4.25. The van der Waals surface area contributed by atoms with Gasteiger partial charge in [0.1, 0.15) is 11.0 Å². The molecule has 0 radical (unpaired) electrons. The standard InChI is InChI=1S/C25H22N6O3/c1-15(2)19-5-3-4-6-20(19)17-9-7-16(8-10-17)13-30-22-21(12-27-30)28-25(29-23(22)32)31-14-18(11-26-31)24(33)34/h3-12,14-15H,13H2,1-2H3,(H,33,34)(H,28,29,32). The van der Waals surface area contributed by atoms with Crippen molar-refractivity contribution in [2.75, 3.05) is 0 Å². The molecule has 0 aliphatic rings. The van der Waals surface area contributed by atoms with Gasteiger partial charge in [0.05, 0.1) is 24.5 Å². The molecule has 0 unspecified atom stereocenters. The molecule has 9 heteroatoms. The number of aromatic carboxylic acids is 1. The third-order valence-corrected chi connectivity index (χ3v) is 5.67. The summed E-state index contributed by atoms with van der Waals surface area (Å²) in [6.45, 7) is 4.80. The second-order valence-corrected chi connectivity index (χ2v) is 8.30. The van der Waals surface area contributed by atoms with Gasteiger partial charge < -0.3 is 10.2 Å². The Kier molecular flexibility index (Phi) is 5.29. The van der Waals surface area contributed by atoms with Gasteiger partial charge in [-0.15, -0.1) is 0 Å². The third kappa shape index (κ3) is 3.88. The normalized spacial score (nSPS) is 11.4. The zero-order valence-corrected chi connectivity index (χ0v) is 18.6. The number of nitrogens with zero attached hydrogens (tertiary/aromatic N) is 6. The number of benzene rings is 2. The average Bonchev–Trinajstić information content (AvgIpc) is 3.48. The van der Waals surface area contributed by atoms with Gasteiger partial charge in [-0.1, -0.05) is 62.4 Å². The molecular formula is C25H22N6O3. The molecule has 5 rings (SSSR count). The first kappa shape index (κ1) is 21.3. The number of aromatic hydroxyl groups is 1. The number of fused-ring (bicyclic) bond motifs is 1. The van der Waals surface area contributed by atoms with Crippen LogP contribution in [-0.2, 0) is 6.54 Å². The Morgan fingerprint density at radius 2 is 1.76 bits per heavy atom. The van der Waals surface area contributed by atoms with Crippen molar-refractivity contribution in [2.24, 2.45) is 0 Å². The fourth-order valence-corrected chi connectivity index (χ4v) is 3.96. The van der Waals surface area contributed by atoms with Gasteiger partial charge in [-0.25, -0.2) is 14.5 Å². The molecule has 9 nitrogen and oxygen atoms in total. The van der Waals surface area contributed by atoms with E-state index < -0.39 is 5.97 Å². The molecule has 0 saturated carbocycles. The topological polar surface area (TPSA) is 119 Å². The molecular weight excluding hydrogens is 432 g/mol. The highest BCUT2D eigenvalue weighted by molar-refractivity contribution is 5.87. The van der Waals surface area contributed by atoms with Gasteiger partial charge in [0, 0.05) is 6.20 Å². The van der Waals surface area contributed by atoms with Crippen LogP contribution in [0.1, 0.15) is 41.3 Å². The summed E-state index contributed by atoms with van der Waals surface area (Å²) in [5.74, 6) is -0.878. The Balaban J connectivity index is 1.43. The summed E-state index contributed by atoms with van der Waals surface area (Å²) < 4.78 is 2.84. The fourth-order valence-electron chi connectivity index (χ4n) is 3.96. The van der Waals surface area contributed by atoms with Crippen LogP contribution in [0.3, 0.4) is 0 Å². The van der Waals surface area contributed by atoms with Gasteiger partial charge in [0.15, 0.2) is 0 Å². The number of hydrogen-bond acceptors (Lipinski definition) is 6. The van der Waals surface area contributed by atoms with Crippen LogP contribution in [-0.4, -0.2) is 45.7 Å². The second kappa shape index (κ2) is 8.43. The van der Waals surface area contributed by atoms with Gasteiger partial charge in [0.2, 0.25) is 5.88 Å². The van der Waals surface area contributed by atoms with Crippen molar-refractivity contribution in [3.05, 3.63) is 83.8 Å². The molecule has 0 aliphatic carbocycles. The Morgan fingerprint density at radius 3 is 2.47 bits per heavy atom. The van der Waals surface area contributed by atoms with Crippen LogP contribution in [0.15, 0.2) is 67.1 Å². The molecule has 0 spiro atoms. The zero-order valence-electron chi connectivity index (χ0n) is 18.6. The lowest BCUT2D eigenvalue weighted by atomic mass is 9.92. The summed E-state index contributed by atoms with van der Waals surface area (Å²) in [5, 5.41) is 28.0. The van der Waals surface area contributed by atoms with Crippen molar-refractivity contribution in [3.63, 3.8) is 0 Å². The van der Waals surface area contributed by atoms with Gasteiger partial charge in [-0.2, -0.15) is 15.2 Å². The Hall–Kier alpha value is -4.53. The summed E-state index contributed by atoms with van der Waals surface area (Å²) in [5.41, 5.74) is 5.50. The highest BCUT2D eigenvalue weighted by Gasteiger charge is 2.16. The van der Waals surface area contributed by atoms with Gasteiger partial charge in [-0.05, 0) is 28.2 Å². The first-order valence-corrected chi connectivity index (χ1v) is 10.8. The van der Waals surface area contributed by atoms with Crippen molar-refractivity contribution in [2.45, 2.75) is 26.3 Å². The third-order valence-electron chi connectivity index (χ3n) is 5.67. The summed E-state index contributed by atoms with van der Waals surface area (Å²) in [6, 6.07) is 16.7. The van der Waals surface area contributed by atoms with E-state index in [1.54, 1.807) is 4.68 Å². The number of carbonyl (C=O) groups is 1. The number of carboxylic acids is 1. The van der Waals surface area contributed by atoms with Crippen molar-refractivity contribution in [3.8, 4) is 23.0 Å². The maximum atomic E-state index is 11.1. The molecule has 0 amide bonds. The summed E-state index contributed by atoms with van der Waals surface area (Å²) in [7, 11) is 0. The number of carboxylic acid groups (broad SMARTS) is 1. The zero-order chi connectivity index (χ0) is 23.8. The van der Waals surface area contributed by atoms with E-state index >= 15 is 0 Å². The minimum Gasteiger partial charge on any atom is -0.492 e. The highest BCUT2D eigenvalue weighted by Crippen LogP contribution is 2.29. The van der Waals surface area contributed by atoms with E-state index in [1.807, 2.05) is 18.2 Å². The van der Waals surface area contributed by atoms with Crippen LogP contribution in [0.5, 0.6) is 5.88 Å². The van der Waals surface area contributed by atoms with E-state index in [0.29, 0.717) is 23.5 Å². The van der Waals surface area contributed by atoms with Gasteiger partial charge >= 0.3 is 5.97 Å². The van der Waals surface area contributed by atoms with Crippen molar-refractivity contribution < 1.29 is 15.0 Å². The Bertz CT molecular complexity index is 1500. The molecule has 0 aliphatic heterocycles. The first-order valence-electron chi connectivity index (χ1n) is 10.8. The molecule has 5 aromatic rings. The average molecular weight is 454 g/mol. The molecule has 0 fully saturated rings. The molecule has 2 N–H and O–H groups in total. The number of hydrogen-bond donors (Lipinski definition) is 2. The Morgan fingerprint density at radius 1 is 1.00 bits per heavy atom. The lowest BCUT2D eigenvalue weighted by Gasteiger charge is -2.13. The summed E-state index contributed by atoms with van der Waals surface area (Å²) in [4.78, 5) is 19.6. The van der Waals surface area contributed by atoms with E-state index in [2.05, 4.69) is 64.3 Å². The fraction of sp³-hybridized carbons (Fsp3) is 0.160. The van der Waals surface area contributed by atoms with Crippen molar-refractivity contribution in [1.82, 2.24) is 29.5 Å². The molecule has 2 aromatic carbocycles. The minimum atomic E-state index is -1.11. The SMILES string of the molecule is CC(C)c1ccccc1-c1ccc(Cn2ncc3nc(-n4cc(C(=O)O)cn4)nc(O)c32)cc1. The number of rotatable bonds is 6. The van der Waals surface area contributed by atoms with Gasteiger partial charge in [-0.3, -0.25) is 4.68 Å². The second-order valence-electron chi connectivity index (χ2n) is 8.30. The van der Waals surface area contributed by atoms with Crippen LogP contribution in [0.2, 0.25) is 0 Å². The lowest BCUT2D eigenvalue weighted by molar-refractivity contribution is 0.0697. The van der Waals surface area contributed by atoms with E-state index in [-0.39, 0.29) is 17.4 Å². The van der Waals surface area contributed by atoms with Crippen LogP contribution in [0, 0.1) is 0 Å². The largest absolute Gasteiger partial charge is 0.492 e. The smallest absolute Gasteiger partial charge is 0.338 e. The maximum Gasteiger partial charge on any atom is 0.338 e. The molecule has 0 bridgehead atoms. The van der Waals surface area contributed by atoms with E-state index in [0.717, 1.165) is 11.1 Å². The lowest BCUT2D eigenvalue weighted by Crippen LogP contribution is -2.05. The van der Waals surface area contributed by atoms with Gasteiger partial charge in [0.25, 0.3) is 5.95 Å². The predicted molar refractivity (Wildman–Crippen MR) is 126 cm³/mol. The van der Waals surface area contributed by atoms with Crippen LogP contribution in [0.25, 0.3) is 28.1 Å². The van der Waals surface area contributed by atoms with Crippen LogP contribution in [0.4, 0.5) is 0 Å². The molecule has 3 heterocycles. The monoisotopic (exact) mass is 454 g/mol. The summed E-state index contributed by atoms with van der Waals surface area (Å²) >= 11 is 0. The van der Waals surface area contributed by atoms with E-state index in [9.17, 15) is 9.90 Å². The van der Waals surface area contributed by atoms with E-state index in [1.165, 1.54) is 34.4 Å². The Labute approximate surface area is 195 Å². The van der Waals surface area contributed by atoms with Crippen molar-refractivity contribution in [1.29, 1.82) is 0 Å². The highest BCUT2D eigenvalue weighted by atomic mass is 16.4. The molecule has 170 valence electrons. The molecule has 34 heavy (non-hydrogen) atoms. The molecule has 0 atom stereocenters.